The minimum Gasteiger partial charge on any atom is -0.350 e. The maximum atomic E-state index is 14.4. The van der Waals surface area contributed by atoms with Crippen molar-refractivity contribution in [2.75, 3.05) is 23.4 Å². The zero-order chi connectivity index (χ0) is 29.6. The zero-order valence-electron chi connectivity index (χ0n) is 24.7. The molecular weight excluding hydrogens is 510 g/mol. The molecule has 1 aliphatic rings. The van der Waals surface area contributed by atoms with Crippen molar-refractivity contribution < 1.29 is 9.59 Å². The van der Waals surface area contributed by atoms with Gasteiger partial charge in [0.05, 0.1) is 5.69 Å². The highest BCUT2D eigenvalue weighted by atomic mass is 16.2. The molecule has 0 radical (unpaired) electrons. The molecule has 4 aromatic carbocycles. The van der Waals surface area contributed by atoms with Gasteiger partial charge in [0.25, 0.3) is 0 Å². The Balaban J connectivity index is 0.000000714. The predicted octanol–water partition coefficient (Wildman–Crippen LogP) is 6.08. The van der Waals surface area contributed by atoms with Gasteiger partial charge in [0.15, 0.2) is 0 Å². The summed E-state index contributed by atoms with van der Waals surface area (Å²) in [5.74, 6) is -0.724. The topological polar surface area (TPSA) is 85.8 Å². The second-order valence-corrected chi connectivity index (χ2v) is 10.2. The highest BCUT2D eigenvalue weighted by Gasteiger charge is 2.54. The lowest BCUT2D eigenvalue weighted by Gasteiger charge is -2.32. The molecule has 0 aromatic heterocycles. The maximum absolute atomic E-state index is 14.4. The van der Waals surface area contributed by atoms with Crippen molar-refractivity contribution in [3.8, 4) is 0 Å². The summed E-state index contributed by atoms with van der Waals surface area (Å²) in [5, 5.41) is 17.7. The minimum atomic E-state index is -1.61. The lowest BCUT2D eigenvalue weighted by atomic mass is 9.91. The van der Waals surface area contributed by atoms with Crippen molar-refractivity contribution in [3.63, 3.8) is 0 Å². The molecule has 1 unspecified atom stereocenters. The van der Waals surface area contributed by atoms with Crippen molar-refractivity contribution >= 4 is 39.7 Å². The fraction of sp³-hybridized carbons (Fsp3) is 0.265. The molecule has 3 N–H and O–H groups in total. The van der Waals surface area contributed by atoms with E-state index in [1.54, 1.807) is 0 Å². The number of anilines is 2. The number of hydrogen-bond acceptors (Lipinski definition) is 5. The van der Waals surface area contributed by atoms with E-state index in [9.17, 15) is 9.59 Å². The van der Waals surface area contributed by atoms with Crippen LogP contribution >= 0.6 is 0 Å². The second-order valence-electron chi connectivity index (χ2n) is 10.2. The van der Waals surface area contributed by atoms with E-state index >= 15 is 0 Å². The number of fused-ring (bicyclic) bond motifs is 1. The van der Waals surface area contributed by atoms with E-state index < -0.39 is 5.66 Å². The number of nitrogens with zero attached hydrogens (tertiary/aromatic N) is 2. The summed E-state index contributed by atoms with van der Waals surface area (Å²) < 4.78 is 0. The van der Waals surface area contributed by atoms with Gasteiger partial charge in [-0.15, -0.1) is 0 Å². The molecular formula is C34H39N5O2. The largest absolute Gasteiger partial charge is 0.350 e. The molecule has 4 aromatic rings. The summed E-state index contributed by atoms with van der Waals surface area (Å²) in [6.07, 6.45) is 0. The molecule has 1 atom stereocenters. The molecule has 1 aliphatic heterocycles. The Morgan fingerprint density at radius 2 is 1.46 bits per heavy atom. The van der Waals surface area contributed by atoms with Crippen LogP contribution in [-0.2, 0) is 9.59 Å². The predicted molar refractivity (Wildman–Crippen MR) is 169 cm³/mol. The highest BCUT2D eigenvalue weighted by molar-refractivity contribution is 6.33. The van der Waals surface area contributed by atoms with E-state index in [0.717, 1.165) is 46.1 Å². The smallest absolute Gasteiger partial charge is 0.300 e. The third kappa shape index (κ3) is 6.15. The number of carbonyl (C=O) groups is 2. The van der Waals surface area contributed by atoms with E-state index in [-0.39, 0.29) is 11.8 Å². The van der Waals surface area contributed by atoms with Gasteiger partial charge in [-0.1, -0.05) is 92.2 Å². The van der Waals surface area contributed by atoms with Gasteiger partial charge in [-0.2, -0.15) is 10.1 Å². The average molecular weight is 550 g/mol. The van der Waals surface area contributed by atoms with Crippen molar-refractivity contribution in [1.82, 2.24) is 10.6 Å². The minimum absolute atomic E-state index is 0.348. The first-order valence-corrected chi connectivity index (χ1v) is 14.0. The molecule has 0 fully saturated rings. The van der Waals surface area contributed by atoms with Gasteiger partial charge >= 0.3 is 5.91 Å². The number of amides is 2. The van der Waals surface area contributed by atoms with Gasteiger partial charge < -0.3 is 16.0 Å². The van der Waals surface area contributed by atoms with Gasteiger partial charge in [-0.05, 0) is 67.9 Å². The van der Waals surface area contributed by atoms with Gasteiger partial charge in [0.2, 0.25) is 11.6 Å². The Labute approximate surface area is 242 Å². The van der Waals surface area contributed by atoms with Crippen LogP contribution in [0.5, 0.6) is 0 Å². The highest BCUT2D eigenvalue weighted by Crippen LogP contribution is 2.36. The maximum Gasteiger partial charge on any atom is 0.300 e. The molecule has 41 heavy (non-hydrogen) atoms. The fourth-order valence-corrected chi connectivity index (χ4v) is 5.33. The number of nitrogens with one attached hydrogen (secondary N) is 3. The summed E-state index contributed by atoms with van der Waals surface area (Å²) >= 11 is 0. The Morgan fingerprint density at radius 1 is 0.854 bits per heavy atom. The molecule has 7 heteroatoms. The van der Waals surface area contributed by atoms with E-state index in [0.29, 0.717) is 17.1 Å². The second kappa shape index (κ2) is 12.8. The van der Waals surface area contributed by atoms with Crippen LogP contribution in [0.2, 0.25) is 0 Å². The van der Waals surface area contributed by atoms with E-state index in [2.05, 4.69) is 29.8 Å². The van der Waals surface area contributed by atoms with Crippen LogP contribution in [0.15, 0.2) is 90.0 Å². The summed E-state index contributed by atoms with van der Waals surface area (Å²) in [6.45, 7) is 13.8. The Bertz CT molecular complexity index is 1550. The fourth-order valence-electron chi connectivity index (χ4n) is 5.33. The first-order valence-electron chi connectivity index (χ1n) is 14.0. The van der Waals surface area contributed by atoms with Gasteiger partial charge in [0.1, 0.15) is 5.71 Å². The lowest BCUT2D eigenvalue weighted by Crippen LogP contribution is -2.64. The van der Waals surface area contributed by atoms with Crippen LogP contribution in [0.3, 0.4) is 0 Å². The molecule has 212 valence electrons. The van der Waals surface area contributed by atoms with Gasteiger partial charge in [-0.3, -0.25) is 9.59 Å². The molecule has 0 bridgehead atoms. The first kappa shape index (κ1) is 29.5. The Hall–Kier alpha value is -4.49. The summed E-state index contributed by atoms with van der Waals surface area (Å²) in [5.41, 5.74) is 3.96. The SMILES string of the molecule is CC(=O)NC1(Nc2ccccc2)C(=O)N(c2c(C)cc(C)cc2C)N=C1c1cccc2ccccc12.CCNCC. The lowest BCUT2D eigenvalue weighted by molar-refractivity contribution is -0.127. The molecule has 5 rings (SSSR count). The number of benzene rings is 4. The van der Waals surface area contributed by atoms with Crippen LogP contribution in [0.4, 0.5) is 11.4 Å². The van der Waals surface area contributed by atoms with E-state index in [1.165, 1.54) is 11.9 Å². The van der Waals surface area contributed by atoms with E-state index in [4.69, 9.17) is 5.10 Å². The van der Waals surface area contributed by atoms with Gasteiger partial charge in [-0.25, -0.2) is 0 Å². The first-order chi connectivity index (χ1) is 19.7. The summed E-state index contributed by atoms with van der Waals surface area (Å²) in [7, 11) is 0. The molecule has 7 nitrogen and oxygen atoms in total. The van der Waals surface area contributed by atoms with Crippen molar-refractivity contribution in [2.45, 2.75) is 47.2 Å². The summed E-state index contributed by atoms with van der Waals surface area (Å²) in [4.78, 5) is 27.0. The third-order valence-electron chi connectivity index (χ3n) is 6.93. The number of hydrogen-bond donors (Lipinski definition) is 3. The van der Waals surface area contributed by atoms with Crippen molar-refractivity contribution in [2.24, 2.45) is 5.10 Å². The van der Waals surface area contributed by atoms with Gasteiger partial charge in [0, 0.05) is 18.2 Å². The van der Waals surface area contributed by atoms with E-state index in [1.807, 2.05) is 106 Å². The van der Waals surface area contributed by atoms with Crippen LogP contribution in [0.1, 0.15) is 43.0 Å². The van der Waals surface area contributed by atoms with Crippen LogP contribution < -0.4 is 21.0 Å². The van der Waals surface area contributed by atoms with Crippen LogP contribution in [-0.4, -0.2) is 36.3 Å². The number of aryl methyl sites for hydroxylation is 3. The molecule has 1 heterocycles. The standard InChI is InChI=1S/C30H28N4O2.C4H11N/c1-19-17-20(2)27(21(3)18-19)34-29(36)30(31-22(4)35,32-24-13-6-5-7-14-24)28(33-34)26-16-10-12-23-11-8-9-15-25(23)26;1-3-5-4-2/h5-18,32H,1-4H3,(H,31,35);5H,3-4H2,1-2H3. The molecule has 0 spiro atoms. The quantitative estimate of drug-likeness (QED) is 0.244. The number of hydrazone groups is 1. The number of carbonyl (C=O) groups excluding carboxylic acids is 2. The molecule has 0 aliphatic carbocycles. The Kier molecular flexibility index (Phi) is 9.20. The summed E-state index contributed by atoms with van der Waals surface area (Å²) in [6, 6.07) is 27.3. The number of rotatable bonds is 7. The number of para-hydroxylation sites is 1. The third-order valence-corrected chi connectivity index (χ3v) is 6.93. The van der Waals surface area contributed by atoms with Crippen molar-refractivity contribution in [1.29, 1.82) is 0 Å². The molecule has 0 saturated heterocycles. The van der Waals surface area contributed by atoms with Crippen LogP contribution in [0.25, 0.3) is 10.8 Å². The average Bonchev–Trinajstić information content (AvgIpc) is 3.19. The molecule has 0 saturated carbocycles. The molecule has 2 amide bonds. The normalized spacial score (nSPS) is 16.2. The monoisotopic (exact) mass is 549 g/mol. The zero-order valence-corrected chi connectivity index (χ0v) is 24.7. The van der Waals surface area contributed by atoms with Crippen molar-refractivity contribution in [3.05, 3.63) is 107 Å². The Morgan fingerprint density at radius 3 is 2.07 bits per heavy atom. The van der Waals surface area contributed by atoms with Crippen LogP contribution in [0, 0.1) is 20.8 Å².